The molecule has 292 valence electrons. The highest BCUT2D eigenvalue weighted by Crippen LogP contribution is 2.52. The minimum Gasteiger partial charge on any atom is -0.340 e. The lowest BCUT2D eigenvalue weighted by Gasteiger charge is -2.08. The second kappa shape index (κ2) is 23.8. The number of hydrogen-bond donors (Lipinski definition) is 0. The van der Waals surface area contributed by atoms with Crippen molar-refractivity contribution < 1.29 is 0 Å². The van der Waals surface area contributed by atoms with Crippen molar-refractivity contribution in [2.45, 2.75) is 123 Å². The molecular weight excluding hydrogens is 663 g/mol. The average Bonchev–Trinajstić information content (AvgIpc) is 4.01. The Labute approximate surface area is 336 Å². The Bertz CT molecular complexity index is 2230. The molecule has 0 saturated heterocycles. The summed E-state index contributed by atoms with van der Waals surface area (Å²) in [5, 5.41) is 6.94. The SMILES string of the molecule is CC.CC.CC.CC.CC.CC.CCC.CCn1c2c(c3ccccc31)-c1cccc3cccc-2c13.c1ccc2c(c1)CC1=C2c2cccc3cccc1c23. The fourth-order valence-corrected chi connectivity index (χ4v) is 7.63. The molecule has 1 aromatic heterocycles. The number of benzene rings is 6. The van der Waals surface area contributed by atoms with E-state index in [1.54, 1.807) is 0 Å². The van der Waals surface area contributed by atoms with E-state index in [2.05, 4.69) is 147 Å². The summed E-state index contributed by atoms with van der Waals surface area (Å²) >= 11 is 0. The van der Waals surface area contributed by atoms with Gasteiger partial charge in [0.25, 0.3) is 0 Å². The lowest BCUT2D eigenvalue weighted by Crippen LogP contribution is -1.95. The molecule has 1 heteroatoms. The van der Waals surface area contributed by atoms with Crippen LogP contribution in [0.2, 0.25) is 0 Å². The zero-order chi connectivity index (χ0) is 41.1. The normalized spacial score (nSPS) is 10.8. The van der Waals surface area contributed by atoms with Crippen molar-refractivity contribution in [3.8, 4) is 22.4 Å². The molecule has 7 aromatic rings. The van der Waals surface area contributed by atoms with Gasteiger partial charge in [-0.1, -0.05) is 219 Å². The zero-order valence-corrected chi connectivity index (χ0v) is 37.1. The number of aryl methyl sites for hydroxylation is 1. The van der Waals surface area contributed by atoms with Crippen LogP contribution in [0.25, 0.3) is 66.0 Å². The van der Waals surface area contributed by atoms with Gasteiger partial charge in [0.15, 0.2) is 0 Å². The number of para-hydroxylation sites is 1. The molecule has 0 radical (unpaired) electrons. The minimum absolute atomic E-state index is 1.00. The highest BCUT2D eigenvalue weighted by molar-refractivity contribution is 6.22. The Morgan fingerprint density at radius 2 is 0.873 bits per heavy atom. The third-order valence-corrected chi connectivity index (χ3v) is 9.17. The number of hydrogen-bond acceptors (Lipinski definition) is 0. The molecule has 55 heavy (non-hydrogen) atoms. The molecule has 0 bridgehead atoms. The van der Waals surface area contributed by atoms with Gasteiger partial charge >= 0.3 is 0 Å². The molecule has 3 aliphatic rings. The molecule has 0 unspecified atom stereocenters. The second-order valence-electron chi connectivity index (χ2n) is 11.8. The molecule has 6 aromatic carbocycles. The van der Waals surface area contributed by atoms with E-state index in [0.717, 1.165) is 13.0 Å². The number of rotatable bonds is 1. The van der Waals surface area contributed by atoms with E-state index in [4.69, 9.17) is 0 Å². The Balaban J connectivity index is 0.000000285. The van der Waals surface area contributed by atoms with Crippen molar-refractivity contribution in [3.63, 3.8) is 0 Å². The molecule has 3 aliphatic carbocycles. The van der Waals surface area contributed by atoms with Gasteiger partial charge in [0.05, 0.1) is 5.69 Å². The average molecular weight is 734 g/mol. The van der Waals surface area contributed by atoms with Gasteiger partial charge in [0.2, 0.25) is 0 Å². The largest absolute Gasteiger partial charge is 0.340 e. The Morgan fingerprint density at radius 1 is 0.436 bits per heavy atom. The maximum Gasteiger partial charge on any atom is 0.0577 e. The number of aromatic nitrogens is 1. The summed E-state index contributed by atoms with van der Waals surface area (Å²) in [7, 11) is 0. The van der Waals surface area contributed by atoms with E-state index in [1.807, 2.05) is 83.1 Å². The fraction of sp³-hybridized carbons (Fsp3) is 0.333. The molecular formula is C54H71N. The molecule has 0 N–H and O–H groups in total. The van der Waals surface area contributed by atoms with Crippen LogP contribution in [0.4, 0.5) is 0 Å². The topological polar surface area (TPSA) is 4.93 Å². The monoisotopic (exact) mass is 734 g/mol. The molecule has 0 amide bonds. The standard InChI is InChI=1S/C20H15N.C19H12.C3H8.6C2H6/c1-2-21-17-12-4-3-9-14(17)19-15-10-5-7-13-8-6-11-16(18(13)15)20(19)21;1-2-8-14-13(5-1)11-17-15-9-3-6-12-7-4-10-16(18(12)15)19(14)17;1-3-2;6*1-2/h3-12H,2H2,1H3;1-10H,11H2;3H2,1-2H3;6*1-2H3. The third kappa shape index (κ3) is 8.83. The maximum atomic E-state index is 2.46. The highest BCUT2D eigenvalue weighted by Gasteiger charge is 2.31. The van der Waals surface area contributed by atoms with Gasteiger partial charge in [-0.2, -0.15) is 0 Å². The molecule has 0 saturated carbocycles. The van der Waals surface area contributed by atoms with Crippen LogP contribution in [-0.4, -0.2) is 4.57 Å². The summed E-state index contributed by atoms with van der Waals surface area (Å²) in [6.45, 7) is 31.5. The quantitative estimate of drug-likeness (QED) is 0.158. The summed E-state index contributed by atoms with van der Waals surface area (Å²) in [5.41, 5.74) is 15.7. The summed E-state index contributed by atoms with van der Waals surface area (Å²) in [4.78, 5) is 0. The molecule has 1 nitrogen and oxygen atoms in total. The first-order chi connectivity index (χ1) is 27.2. The Morgan fingerprint density at radius 3 is 1.44 bits per heavy atom. The summed E-state index contributed by atoms with van der Waals surface area (Å²) < 4.78 is 2.46. The van der Waals surface area contributed by atoms with Crippen LogP contribution in [0.15, 0.2) is 121 Å². The van der Waals surface area contributed by atoms with Crippen LogP contribution in [0.3, 0.4) is 0 Å². The van der Waals surface area contributed by atoms with Crippen LogP contribution >= 0.6 is 0 Å². The van der Waals surface area contributed by atoms with Crippen molar-refractivity contribution in [1.82, 2.24) is 4.57 Å². The third-order valence-electron chi connectivity index (χ3n) is 9.17. The van der Waals surface area contributed by atoms with Gasteiger partial charge in [-0.25, -0.2) is 0 Å². The molecule has 1 heterocycles. The van der Waals surface area contributed by atoms with Crippen LogP contribution in [0.5, 0.6) is 0 Å². The number of fused-ring (bicyclic) bond motifs is 9. The van der Waals surface area contributed by atoms with E-state index in [1.165, 1.54) is 94.7 Å². The van der Waals surface area contributed by atoms with E-state index in [0.29, 0.717) is 0 Å². The van der Waals surface area contributed by atoms with E-state index in [-0.39, 0.29) is 0 Å². The number of nitrogens with zero attached hydrogens (tertiary/aromatic N) is 1. The van der Waals surface area contributed by atoms with Gasteiger partial charge in [0.1, 0.15) is 0 Å². The minimum atomic E-state index is 1.00. The number of allylic oxidation sites excluding steroid dienone is 1. The van der Waals surface area contributed by atoms with Crippen LogP contribution in [0.1, 0.15) is 133 Å². The second-order valence-corrected chi connectivity index (χ2v) is 11.8. The predicted molar refractivity (Wildman–Crippen MR) is 254 cm³/mol. The summed E-state index contributed by atoms with van der Waals surface area (Å²) in [6, 6.07) is 44.3. The summed E-state index contributed by atoms with van der Waals surface area (Å²) in [5.74, 6) is 0. The first kappa shape index (κ1) is 46.3. The zero-order valence-electron chi connectivity index (χ0n) is 37.1. The van der Waals surface area contributed by atoms with Gasteiger partial charge in [0, 0.05) is 28.6 Å². The molecule has 0 atom stereocenters. The van der Waals surface area contributed by atoms with Crippen molar-refractivity contribution in [3.05, 3.63) is 144 Å². The lowest BCUT2D eigenvalue weighted by atomic mass is 9.96. The Hall–Kier alpha value is -4.88. The first-order valence-corrected chi connectivity index (χ1v) is 21.7. The van der Waals surface area contributed by atoms with Crippen LogP contribution in [0, 0.1) is 0 Å². The molecule has 0 fully saturated rings. The van der Waals surface area contributed by atoms with E-state index in [9.17, 15) is 0 Å². The van der Waals surface area contributed by atoms with Gasteiger partial charge in [-0.15, -0.1) is 0 Å². The van der Waals surface area contributed by atoms with E-state index >= 15 is 0 Å². The van der Waals surface area contributed by atoms with Crippen molar-refractivity contribution in [2.24, 2.45) is 0 Å². The maximum absolute atomic E-state index is 2.46. The van der Waals surface area contributed by atoms with Crippen LogP contribution in [-0.2, 0) is 13.0 Å². The fourth-order valence-electron chi connectivity index (χ4n) is 7.63. The van der Waals surface area contributed by atoms with Crippen molar-refractivity contribution in [1.29, 1.82) is 0 Å². The Kier molecular flexibility index (Phi) is 20.0. The molecule has 10 rings (SSSR count). The van der Waals surface area contributed by atoms with Gasteiger partial charge in [-0.05, 0) is 79.9 Å². The van der Waals surface area contributed by atoms with Crippen molar-refractivity contribution >= 4 is 43.6 Å². The summed E-state index contributed by atoms with van der Waals surface area (Å²) in [6.07, 6.45) is 2.33. The highest BCUT2D eigenvalue weighted by atomic mass is 15.0. The first-order valence-electron chi connectivity index (χ1n) is 21.7. The van der Waals surface area contributed by atoms with Crippen LogP contribution < -0.4 is 0 Å². The predicted octanol–water partition coefficient (Wildman–Crippen LogP) is 17.7. The molecule has 0 spiro atoms. The smallest absolute Gasteiger partial charge is 0.0577 e. The van der Waals surface area contributed by atoms with Crippen molar-refractivity contribution in [2.75, 3.05) is 0 Å². The lowest BCUT2D eigenvalue weighted by molar-refractivity contribution is 0.807. The van der Waals surface area contributed by atoms with E-state index < -0.39 is 0 Å². The molecule has 0 aliphatic heterocycles. The van der Waals surface area contributed by atoms with Gasteiger partial charge in [-0.3, -0.25) is 0 Å². The van der Waals surface area contributed by atoms with Gasteiger partial charge < -0.3 is 4.57 Å².